The van der Waals surface area contributed by atoms with Gasteiger partial charge in [0, 0.05) is 11.1 Å². The van der Waals surface area contributed by atoms with Crippen LogP contribution >= 0.6 is 11.3 Å². The normalized spacial score (nSPS) is 17.2. The number of β-lactam (4-membered cyclic amide) rings is 1. The van der Waals surface area contributed by atoms with Gasteiger partial charge in [0.05, 0.1) is 37.0 Å². The third-order valence-electron chi connectivity index (χ3n) is 8.66. The third kappa shape index (κ3) is 7.68. The number of aliphatic hydroxyl groups is 4. The minimum absolute atomic E-state index is 0.0504. The van der Waals surface area contributed by atoms with Crippen LogP contribution in [0.5, 0.6) is 0 Å². The van der Waals surface area contributed by atoms with Crippen molar-refractivity contribution in [3.8, 4) is 0 Å². The number of benzene rings is 3. The Balaban J connectivity index is 1.31. The monoisotopic (exact) mass is 647 g/mol. The Labute approximate surface area is 270 Å². The number of halogens is 1. The minimum Gasteiger partial charge on any atom is -0.393 e. The summed E-state index contributed by atoms with van der Waals surface area (Å²) in [4.78, 5) is 31.0. The summed E-state index contributed by atoms with van der Waals surface area (Å²) in [5, 5.41) is 41.9. The number of aliphatic hydroxyl groups excluding tert-OH is 3. The zero-order valence-corrected chi connectivity index (χ0v) is 26.1. The van der Waals surface area contributed by atoms with Crippen LogP contribution in [0.3, 0.4) is 0 Å². The van der Waals surface area contributed by atoms with Gasteiger partial charge in [-0.1, -0.05) is 48.5 Å². The van der Waals surface area contributed by atoms with E-state index < -0.39 is 30.8 Å². The predicted molar refractivity (Wildman–Crippen MR) is 173 cm³/mol. The SMILES string of the molecule is NC(=O)c1nc(CCc2ccc(N3C(=O)[C@H](CC[C@H](O)c4ccc(F)cc4)[C@H]3c3ccc(CCC(O)(CO)CO)cc3)cc2)cs1. The lowest BCUT2D eigenvalue weighted by Crippen LogP contribution is -2.55. The van der Waals surface area contributed by atoms with Gasteiger partial charge in [0.1, 0.15) is 11.4 Å². The number of hydrogen-bond acceptors (Lipinski definition) is 8. The van der Waals surface area contributed by atoms with Crippen molar-refractivity contribution < 1.29 is 34.4 Å². The average Bonchev–Trinajstić information content (AvgIpc) is 3.56. The summed E-state index contributed by atoms with van der Waals surface area (Å²) in [7, 11) is 0. The number of hydrogen-bond donors (Lipinski definition) is 5. The van der Waals surface area contributed by atoms with Crippen molar-refractivity contribution in [1.82, 2.24) is 4.98 Å². The fraction of sp³-hybridized carbons (Fsp3) is 0.343. The number of nitrogens with two attached hydrogens (primary N) is 1. The van der Waals surface area contributed by atoms with Gasteiger partial charge in [0.25, 0.3) is 5.91 Å². The first kappa shape index (κ1) is 33.4. The fourth-order valence-corrected chi connectivity index (χ4v) is 6.49. The van der Waals surface area contributed by atoms with Crippen LogP contribution in [-0.2, 0) is 24.1 Å². The van der Waals surface area contributed by atoms with Crippen LogP contribution in [0.1, 0.15) is 69.2 Å². The van der Waals surface area contributed by atoms with Crippen molar-refractivity contribution in [3.63, 3.8) is 0 Å². The van der Waals surface area contributed by atoms with Gasteiger partial charge in [-0.3, -0.25) is 9.59 Å². The Morgan fingerprint density at radius 2 is 1.59 bits per heavy atom. The molecule has 0 aliphatic carbocycles. The number of carbonyl (C=O) groups excluding carboxylic acids is 2. The molecule has 0 spiro atoms. The van der Waals surface area contributed by atoms with Crippen molar-refractivity contribution in [2.75, 3.05) is 18.1 Å². The van der Waals surface area contributed by atoms with Crippen molar-refractivity contribution in [1.29, 1.82) is 0 Å². The maximum absolute atomic E-state index is 13.6. The molecule has 2 amide bonds. The van der Waals surface area contributed by atoms with E-state index in [1.807, 2.05) is 53.9 Å². The van der Waals surface area contributed by atoms with E-state index in [4.69, 9.17) is 5.73 Å². The Morgan fingerprint density at radius 3 is 2.20 bits per heavy atom. The Morgan fingerprint density at radius 1 is 0.957 bits per heavy atom. The van der Waals surface area contributed by atoms with E-state index in [-0.39, 0.29) is 35.1 Å². The number of rotatable bonds is 15. The van der Waals surface area contributed by atoms with Crippen molar-refractivity contribution in [2.45, 2.75) is 56.3 Å². The molecule has 9 nitrogen and oxygen atoms in total. The zero-order chi connectivity index (χ0) is 32.8. The first-order valence-electron chi connectivity index (χ1n) is 15.2. The lowest BCUT2D eigenvalue weighted by atomic mass is 9.78. The molecule has 4 aromatic rings. The average molecular weight is 648 g/mol. The zero-order valence-electron chi connectivity index (χ0n) is 25.3. The standard InChI is InChI=1S/C35H38FN3O6S/c36-26-10-8-24(9-11-26)30(42)16-15-29-31(25-6-1-23(2-7-25)17-18-35(45,20-40)21-41)39(34(29)44)28-13-4-22(5-14-28)3-12-27-19-46-33(38-27)32(37)43/h1-2,4-11,13-14,19,29-31,40-42,45H,3,12,15-18,20-21H2,(H2,37,43)/t29-,30+,31-/m1/s1. The minimum atomic E-state index is -1.55. The number of aromatic nitrogens is 1. The van der Waals surface area contributed by atoms with Gasteiger partial charge in [0.15, 0.2) is 5.01 Å². The highest BCUT2D eigenvalue weighted by Gasteiger charge is 2.48. The molecule has 1 saturated heterocycles. The maximum Gasteiger partial charge on any atom is 0.277 e. The molecule has 1 fully saturated rings. The highest BCUT2D eigenvalue weighted by atomic mass is 32.1. The number of carbonyl (C=O) groups is 2. The van der Waals surface area contributed by atoms with Gasteiger partial charge in [-0.2, -0.15) is 0 Å². The molecule has 11 heteroatoms. The molecule has 0 bridgehead atoms. The van der Waals surface area contributed by atoms with E-state index in [1.165, 1.54) is 23.5 Å². The van der Waals surface area contributed by atoms with Gasteiger partial charge in [-0.05, 0) is 85.0 Å². The molecule has 3 aromatic carbocycles. The molecule has 0 radical (unpaired) electrons. The fourth-order valence-electron chi connectivity index (χ4n) is 5.79. The molecular formula is C35H38FN3O6S. The van der Waals surface area contributed by atoms with E-state index >= 15 is 0 Å². The summed E-state index contributed by atoms with van der Waals surface area (Å²) in [6.07, 6.45) is 1.92. The highest BCUT2D eigenvalue weighted by Crippen LogP contribution is 2.46. The summed E-state index contributed by atoms with van der Waals surface area (Å²) in [6, 6.07) is 20.9. The predicted octanol–water partition coefficient (Wildman–Crippen LogP) is 4.03. The van der Waals surface area contributed by atoms with Crippen molar-refractivity contribution >= 4 is 28.8 Å². The molecule has 0 saturated carbocycles. The van der Waals surface area contributed by atoms with Crippen LogP contribution in [0.15, 0.2) is 78.2 Å². The summed E-state index contributed by atoms with van der Waals surface area (Å²) < 4.78 is 13.4. The van der Waals surface area contributed by atoms with Crippen LogP contribution in [0.4, 0.5) is 10.1 Å². The topological polar surface area (TPSA) is 157 Å². The molecule has 6 N–H and O–H groups in total. The van der Waals surface area contributed by atoms with Gasteiger partial charge < -0.3 is 31.1 Å². The quantitative estimate of drug-likeness (QED) is 0.122. The molecule has 1 aliphatic heterocycles. The first-order chi connectivity index (χ1) is 22.1. The second-order valence-corrected chi connectivity index (χ2v) is 12.7. The van der Waals surface area contributed by atoms with E-state index in [2.05, 4.69) is 4.98 Å². The van der Waals surface area contributed by atoms with E-state index in [0.717, 1.165) is 28.1 Å². The van der Waals surface area contributed by atoms with E-state index in [0.29, 0.717) is 37.7 Å². The number of amides is 2. The van der Waals surface area contributed by atoms with Crippen LogP contribution in [0.25, 0.3) is 0 Å². The van der Waals surface area contributed by atoms with Crippen molar-refractivity contribution in [2.24, 2.45) is 11.7 Å². The summed E-state index contributed by atoms with van der Waals surface area (Å²) >= 11 is 1.23. The molecule has 3 atom stereocenters. The lowest BCUT2D eigenvalue weighted by Gasteiger charge is -2.48. The number of anilines is 1. The van der Waals surface area contributed by atoms with Gasteiger partial charge in [0.2, 0.25) is 5.91 Å². The molecule has 242 valence electrons. The second kappa shape index (κ2) is 14.6. The molecule has 5 rings (SSSR count). The molecule has 1 aliphatic rings. The van der Waals surface area contributed by atoms with Gasteiger partial charge in [-0.15, -0.1) is 11.3 Å². The molecule has 46 heavy (non-hydrogen) atoms. The Hall–Kier alpha value is -4.00. The molecule has 2 heterocycles. The van der Waals surface area contributed by atoms with E-state index in [9.17, 15) is 34.4 Å². The second-order valence-electron chi connectivity index (χ2n) is 11.9. The third-order valence-corrected chi connectivity index (χ3v) is 9.56. The number of primary amides is 1. The number of aryl methyl sites for hydroxylation is 3. The Bertz CT molecular complexity index is 1620. The number of thiazole rings is 1. The van der Waals surface area contributed by atoms with Crippen LogP contribution in [-0.4, -0.2) is 56.0 Å². The first-order valence-corrected chi connectivity index (χ1v) is 16.1. The number of nitrogens with zero attached hydrogens (tertiary/aromatic N) is 2. The van der Waals surface area contributed by atoms with Crippen LogP contribution < -0.4 is 10.6 Å². The van der Waals surface area contributed by atoms with Crippen LogP contribution in [0.2, 0.25) is 0 Å². The summed E-state index contributed by atoms with van der Waals surface area (Å²) in [5.74, 6) is -1.35. The summed E-state index contributed by atoms with van der Waals surface area (Å²) in [6.45, 7) is -1.07. The highest BCUT2D eigenvalue weighted by molar-refractivity contribution is 7.11. The lowest BCUT2D eigenvalue weighted by molar-refractivity contribution is -0.131. The van der Waals surface area contributed by atoms with E-state index in [1.54, 1.807) is 17.0 Å². The summed E-state index contributed by atoms with van der Waals surface area (Å²) in [5.41, 5.74) is 8.78. The Kier molecular flexibility index (Phi) is 10.6. The van der Waals surface area contributed by atoms with Crippen molar-refractivity contribution in [3.05, 3.63) is 117 Å². The van der Waals surface area contributed by atoms with Gasteiger partial charge >= 0.3 is 0 Å². The molecule has 0 unspecified atom stereocenters. The molecular weight excluding hydrogens is 609 g/mol. The largest absolute Gasteiger partial charge is 0.393 e. The van der Waals surface area contributed by atoms with Crippen LogP contribution in [0, 0.1) is 11.7 Å². The maximum atomic E-state index is 13.6. The van der Waals surface area contributed by atoms with Gasteiger partial charge in [-0.25, -0.2) is 9.37 Å². The smallest absolute Gasteiger partial charge is 0.277 e. The molecule has 1 aromatic heterocycles.